The van der Waals surface area contributed by atoms with E-state index < -0.39 is 35.9 Å². The van der Waals surface area contributed by atoms with Gasteiger partial charge in [0.05, 0.1) is 39.0 Å². The summed E-state index contributed by atoms with van der Waals surface area (Å²) in [4.78, 5) is 68.6. The van der Waals surface area contributed by atoms with Crippen molar-refractivity contribution in [3.63, 3.8) is 0 Å². The molecule has 1 fully saturated rings. The van der Waals surface area contributed by atoms with Crippen molar-refractivity contribution in [2.24, 2.45) is 11.8 Å². The Balaban J connectivity index is 1.63. The molecule has 1 aliphatic heterocycles. The van der Waals surface area contributed by atoms with Crippen LogP contribution in [0.4, 0.5) is 0 Å². The molecule has 0 aromatic heterocycles. The molecule has 1 aliphatic carbocycles. The first-order chi connectivity index (χ1) is 25.4. The first-order valence-corrected chi connectivity index (χ1v) is 18.5. The van der Waals surface area contributed by atoms with Crippen LogP contribution >= 0.6 is 0 Å². The quantitative estimate of drug-likeness (QED) is 0.284. The maximum Gasteiger partial charge on any atom is 0.251 e. The zero-order valence-electron chi connectivity index (χ0n) is 31.5. The molecule has 5 amide bonds. The number of fused-ring (bicyclic) bond motifs is 3. The van der Waals surface area contributed by atoms with E-state index in [9.17, 15) is 29.1 Å². The van der Waals surface area contributed by atoms with Gasteiger partial charge in [0, 0.05) is 25.1 Å². The van der Waals surface area contributed by atoms with Crippen molar-refractivity contribution < 1.29 is 43.3 Å². The first-order valence-electron chi connectivity index (χ1n) is 18.5. The summed E-state index contributed by atoms with van der Waals surface area (Å²) >= 11 is 0. The number of nitrogens with one attached hydrogen (secondary N) is 4. The molecule has 53 heavy (non-hydrogen) atoms. The van der Waals surface area contributed by atoms with E-state index in [1.54, 1.807) is 50.2 Å². The lowest BCUT2D eigenvalue weighted by Crippen LogP contribution is -2.59. The molecule has 3 atom stereocenters. The first kappa shape index (κ1) is 40.9. The minimum absolute atomic E-state index is 0.0546. The molecule has 0 unspecified atom stereocenters. The number of aliphatic hydroxyl groups is 1. The standard InChI is InChI=1S/C39H55N5O9/c1-24(2)35-38(49)41-22-28-29(51-4)13-10-14-30(28)53-32-21-27(16-17-31(32)52-5)37(48)40-19-8-9-20-44(34(47)18-15-26-11-6-7-12-26)23-33(46)42-36(25(3)45)39(50)43-35/h10,13-14,16-17,21,24-26,35-36,45H,6-9,11-12,15,18-20,22-23H2,1-5H3,(H,40,48)(H,41,49)(H,42,46)(H,43,50)/t25-,35-,36+/m1/s1. The van der Waals surface area contributed by atoms with Crippen molar-refractivity contribution in [3.8, 4) is 23.0 Å². The van der Waals surface area contributed by atoms with Crippen LogP contribution in [0.15, 0.2) is 36.4 Å². The number of hydrogen-bond acceptors (Lipinski definition) is 9. The van der Waals surface area contributed by atoms with E-state index in [1.807, 2.05) is 0 Å². The maximum atomic E-state index is 13.6. The highest BCUT2D eigenvalue weighted by Crippen LogP contribution is 2.37. The summed E-state index contributed by atoms with van der Waals surface area (Å²) in [7, 11) is 2.97. The minimum Gasteiger partial charge on any atom is -0.496 e. The number of rotatable bonds is 7. The van der Waals surface area contributed by atoms with E-state index >= 15 is 0 Å². The zero-order chi connectivity index (χ0) is 38.5. The molecule has 14 heteroatoms. The molecule has 2 aliphatic rings. The number of methoxy groups -OCH3 is 2. The SMILES string of the molecule is COc1ccc2cc1Oc1cccc(OC)c1CNC(=O)[C@@H](C(C)C)NC(=O)[C@H]([C@@H](C)O)NC(=O)CN(C(=O)CCC1CCCC1)CCCCNC2=O. The van der Waals surface area contributed by atoms with Gasteiger partial charge in [0.15, 0.2) is 11.5 Å². The highest BCUT2D eigenvalue weighted by Gasteiger charge is 2.32. The van der Waals surface area contributed by atoms with Crippen LogP contribution in [0.3, 0.4) is 0 Å². The van der Waals surface area contributed by atoms with Crippen LogP contribution in [0, 0.1) is 11.8 Å². The summed E-state index contributed by atoms with van der Waals surface area (Å²) in [5.41, 5.74) is 0.824. The molecule has 2 bridgehead atoms. The molecule has 0 saturated heterocycles. The molecule has 0 radical (unpaired) electrons. The minimum atomic E-state index is -1.39. The number of carbonyl (C=O) groups excluding carboxylic acids is 5. The number of benzene rings is 2. The molecule has 4 rings (SSSR count). The predicted molar refractivity (Wildman–Crippen MR) is 198 cm³/mol. The van der Waals surface area contributed by atoms with Crippen molar-refractivity contribution in [2.45, 2.75) is 96.9 Å². The van der Waals surface area contributed by atoms with Gasteiger partial charge in [0.25, 0.3) is 5.91 Å². The summed E-state index contributed by atoms with van der Waals surface area (Å²) < 4.78 is 17.4. The third-order valence-corrected chi connectivity index (χ3v) is 9.79. The smallest absolute Gasteiger partial charge is 0.251 e. The van der Waals surface area contributed by atoms with Gasteiger partial charge < -0.3 is 45.5 Å². The van der Waals surface area contributed by atoms with Crippen LogP contribution in [0.1, 0.15) is 88.1 Å². The topological polar surface area (TPSA) is 185 Å². The second kappa shape index (κ2) is 19.8. The van der Waals surface area contributed by atoms with Gasteiger partial charge in [0.1, 0.15) is 23.6 Å². The van der Waals surface area contributed by atoms with Crippen molar-refractivity contribution in [3.05, 3.63) is 47.5 Å². The van der Waals surface area contributed by atoms with Gasteiger partial charge in [-0.15, -0.1) is 0 Å². The highest BCUT2D eigenvalue weighted by molar-refractivity contribution is 5.95. The lowest BCUT2D eigenvalue weighted by molar-refractivity contribution is -0.138. The van der Waals surface area contributed by atoms with E-state index in [2.05, 4.69) is 21.3 Å². The number of carbonyl (C=O) groups is 5. The Morgan fingerprint density at radius 2 is 1.62 bits per heavy atom. The fourth-order valence-corrected chi connectivity index (χ4v) is 6.69. The molecule has 290 valence electrons. The highest BCUT2D eigenvalue weighted by atomic mass is 16.5. The van der Waals surface area contributed by atoms with Crippen molar-refractivity contribution in [1.29, 1.82) is 0 Å². The molecule has 1 heterocycles. The number of nitrogens with zero attached hydrogens (tertiary/aromatic N) is 1. The number of hydrogen-bond donors (Lipinski definition) is 5. The molecule has 2 aromatic carbocycles. The Hall–Kier alpha value is -4.85. The van der Waals surface area contributed by atoms with E-state index in [1.165, 1.54) is 26.0 Å². The third kappa shape index (κ3) is 11.6. The van der Waals surface area contributed by atoms with Gasteiger partial charge in [-0.05, 0) is 68.4 Å². The Morgan fingerprint density at radius 3 is 2.30 bits per heavy atom. The Labute approximate surface area is 311 Å². The molecule has 0 spiro atoms. The van der Waals surface area contributed by atoms with Gasteiger partial charge in [-0.1, -0.05) is 45.6 Å². The summed E-state index contributed by atoms with van der Waals surface area (Å²) in [6, 6.07) is 7.53. The molecule has 2 aromatic rings. The average molecular weight is 738 g/mol. The fraction of sp³-hybridized carbons (Fsp3) is 0.564. The fourth-order valence-electron chi connectivity index (χ4n) is 6.69. The van der Waals surface area contributed by atoms with Crippen LogP contribution < -0.4 is 35.5 Å². The summed E-state index contributed by atoms with van der Waals surface area (Å²) in [6.45, 7) is 5.10. The number of ether oxygens (including phenoxy) is 3. The Bertz CT molecular complexity index is 1590. The van der Waals surface area contributed by atoms with Crippen LogP contribution in [-0.4, -0.2) is 91.6 Å². The normalized spacial score (nSPS) is 20.6. The number of amides is 5. The maximum absolute atomic E-state index is 13.6. The molecule has 5 N–H and O–H groups in total. The van der Waals surface area contributed by atoms with E-state index in [0.29, 0.717) is 60.1 Å². The Kier molecular flexibility index (Phi) is 15.3. The van der Waals surface area contributed by atoms with E-state index in [0.717, 1.165) is 32.1 Å². The second-order valence-corrected chi connectivity index (χ2v) is 14.1. The monoisotopic (exact) mass is 737 g/mol. The van der Waals surface area contributed by atoms with Crippen LogP contribution in [-0.2, 0) is 25.7 Å². The van der Waals surface area contributed by atoms with Crippen LogP contribution in [0.25, 0.3) is 0 Å². The largest absolute Gasteiger partial charge is 0.496 e. The Morgan fingerprint density at radius 1 is 0.887 bits per heavy atom. The molecular weight excluding hydrogens is 682 g/mol. The predicted octanol–water partition coefficient (Wildman–Crippen LogP) is 3.44. The lowest BCUT2D eigenvalue weighted by atomic mass is 10.0. The van der Waals surface area contributed by atoms with E-state index in [-0.39, 0.29) is 43.1 Å². The van der Waals surface area contributed by atoms with E-state index in [4.69, 9.17) is 14.2 Å². The van der Waals surface area contributed by atoms with Crippen LogP contribution in [0.5, 0.6) is 23.0 Å². The van der Waals surface area contributed by atoms with Gasteiger partial charge in [0.2, 0.25) is 23.6 Å². The van der Waals surface area contributed by atoms with Crippen molar-refractivity contribution >= 4 is 29.5 Å². The summed E-state index contributed by atoms with van der Waals surface area (Å²) in [5, 5.41) is 21.6. The summed E-state index contributed by atoms with van der Waals surface area (Å²) in [6.07, 6.45) is 5.29. The second-order valence-electron chi connectivity index (χ2n) is 14.1. The zero-order valence-corrected chi connectivity index (χ0v) is 31.5. The van der Waals surface area contributed by atoms with Crippen molar-refractivity contribution in [2.75, 3.05) is 33.9 Å². The molecule has 14 nitrogen and oxygen atoms in total. The van der Waals surface area contributed by atoms with Gasteiger partial charge in [-0.3, -0.25) is 24.0 Å². The van der Waals surface area contributed by atoms with Crippen molar-refractivity contribution in [1.82, 2.24) is 26.2 Å². The average Bonchev–Trinajstić information content (AvgIpc) is 3.66. The van der Waals surface area contributed by atoms with Gasteiger partial charge in [-0.2, -0.15) is 0 Å². The third-order valence-electron chi connectivity index (χ3n) is 9.79. The molecule has 1 saturated carbocycles. The van der Waals surface area contributed by atoms with Crippen LogP contribution in [0.2, 0.25) is 0 Å². The number of aliphatic hydroxyl groups excluding tert-OH is 1. The lowest BCUT2D eigenvalue weighted by Gasteiger charge is -2.28. The van der Waals surface area contributed by atoms with Gasteiger partial charge >= 0.3 is 0 Å². The molecular formula is C39H55N5O9. The summed E-state index contributed by atoms with van der Waals surface area (Å²) in [5.74, 6) is -0.867. The van der Waals surface area contributed by atoms with Gasteiger partial charge in [-0.25, -0.2) is 0 Å².